The molecule has 1 heterocycles. The van der Waals surface area contributed by atoms with E-state index in [0.717, 1.165) is 0 Å². The Hall–Kier alpha value is -1.26. The minimum Gasteiger partial charge on any atom is -0.478 e. The van der Waals surface area contributed by atoms with Crippen molar-refractivity contribution in [2.45, 2.75) is 6.92 Å². The lowest BCUT2D eigenvalue weighted by Crippen LogP contribution is -2.02. The maximum atomic E-state index is 10.0. The third kappa shape index (κ3) is 1.10. The lowest BCUT2D eigenvalue weighted by molar-refractivity contribution is -0.134. The van der Waals surface area contributed by atoms with Crippen molar-refractivity contribution in [1.82, 2.24) is 0 Å². The Balaban J connectivity index is 2.70. The lowest BCUT2D eigenvalue weighted by atomic mass is 10.5. The Bertz CT molecular complexity index is 196. The quantitative estimate of drug-likeness (QED) is 0.553. The van der Waals surface area contributed by atoms with Gasteiger partial charge in [-0.15, -0.1) is 10.2 Å². The van der Waals surface area contributed by atoms with E-state index in [9.17, 15) is 4.79 Å². The van der Waals surface area contributed by atoms with Crippen LogP contribution in [0.15, 0.2) is 15.2 Å². The van der Waals surface area contributed by atoms with Crippen molar-refractivity contribution in [3.05, 3.63) is 6.17 Å². The average Bonchev–Trinajstić information content (AvgIpc) is 2.14. The molecule has 1 aliphatic heterocycles. The number of amidine groups is 1. The molecule has 0 fully saturated rings. The maximum Gasteiger partial charge on any atom is 0.362 e. The van der Waals surface area contributed by atoms with Crippen LogP contribution in [0.1, 0.15) is 6.92 Å². The highest BCUT2D eigenvalue weighted by Gasteiger charge is 2.21. The van der Waals surface area contributed by atoms with E-state index < -0.39 is 5.97 Å². The molecule has 1 radical (unpaired) electrons. The van der Waals surface area contributed by atoms with Gasteiger partial charge in [0.2, 0.25) is 0 Å². The van der Waals surface area contributed by atoms with Gasteiger partial charge in [-0.3, -0.25) is 0 Å². The molecule has 1 aliphatic rings. The second-order valence-electron chi connectivity index (χ2n) is 1.49. The predicted octanol–water partition coefficient (Wildman–Crippen LogP) is 0.445. The first-order valence-corrected chi connectivity index (χ1v) is 2.27. The minimum absolute atomic E-state index is 0.243. The van der Waals surface area contributed by atoms with Gasteiger partial charge in [0.1, 0.15) is 5.84 Å². The number of carbonyl (C=O) groups is 1. The number of aliphatic carboxylic acids is 1. The molecule has 0 saturated heterocycles. The van der Waals surface area contributed by atoms with Gasteiger partial charge in [-0.05, 0) is 6.92 Å². The average molecular weight is 126 g/mol. The van der Waals surface area contributed by atoms with Crippen LogP contribution in [0.25, 0.3) is 0 Å². The van der Waals surface area contributed by atoms with Crippen LogP contribution in [0.3, 0.4) is 0 Å². The molecule has 47 valence electrons. The molecule has 0 atom stereocenters. The SMILES string of the molecule is CC1=N[C](C(=O)O)N=N1. The molecule has 0 unspecified atom stereocenters. The monoisotopic (exact) mass is 126 g/mol. The Morgan fingerprint density at radius 2 is 2.22 bits per heavy atom. The molecule has 5 nitrogen and oxygen atoms in total. The first-order valence-electron chi connectivity index (χ1n) is 2.27. The summed E-state index contributed by atoms with van der Waals surface area (Å²) >= 11 is 0. The second kappa shape index (κ2) is 1.93. The highest BCUT2D eigenvalue weighted by atomic mass is 16.4. The fraction of sp³-hybridized carbons (Fsp3) is 0.250. The van der Waals surface area contributed by atoms with Gasteiger partial charge in [-0.1, -0.05) is 0 Å². The van der Waals surface area contributed by atoms with Gasteiger partial charge < -0.3 is 5.11 Å². The zero-order valence-electron chi connectivity index (χ0n) is 4.70. The van der Waals surface area contributed by atoms with Crippen molar-refractivity contribution in [3.8, 4) is 0 Å². The van der Waals surface area contributed by atoms with Gasteiger partial charge in [0.15, 0.2) is 0 Å². The van der Waals surface area contributed by atoms with E-state index in [0.29, 0.717) is 5.84 Å². The smallest absolute Gasteiger partial charge is 0.362 e. The zero-order valence-corrected chi connectivity index (χ0v) is 4.70. The molecule has 0 bridgehead atoms. The normalized spacial score (nSPS) is 18.1. The second-order valence-corrected chi connectivity index (χ2v) is 1.49. The van der Waals surface area contributed by atoms with Gasteiger partial charge >= 0.3 is 12.1 Å². The van der Waals surface area contributed by atoms with Crippen molar-refractivity contribution in [2.24, 2.45) is 15.2 Å². The Morgan fingerprint density at radius 3 is 2.44 bits per heavy atom. The lowest BCUT2D eigenvalue weighted by Gasteiger charge is -1.86. The summed E-state index contributed by atoms with van der Waals surface area (Å²) in [6.07, 6.45) is -0.243. The van der Waals surface area contributed by atoms with E-state index in [4.69, 9.17) is 5.11 Å². The minimum atomic E-state index is -1.14. The largest absolute Gasteiger partial charge is 0.478 e. The standard InChI is InChI=1S/C4H4N3O2/c1-2-5-3(4(8)9)7-6-2/h1H3,(H,8,9). The van der Waals surface area contributed by atoms with Crippen molar-refractivity contribution < 1.29 is 9.90 Å². The van der Waals surface area contributed by atoms with Gasteiger partial charge in [0, 0.05) is 0 Å². The number of nitrogens with zero attached hydrogens (tertiary/aromatic N) is 3. The molecule has 0 aromatic heterocycles. The van der Waals surface area contributed by atoms with Gasteiger partial charge in [0.05, 0.1) is 0 Å². The fourth-order valence-electron chi connectivity index (χ4n) is 0.408. The van der Waals surface area contributed by atoms with E-state index in [1.165, 1.54) is 0 Å². The van der Waals surface area contributed by atoms with Crippen LogP contribution in [-0.2, 0) is 4.79 Å². The predicted molar refractivity (Wildman–Crippen MR) is 28.8 cm³/mol. The first-order chi connectivity index (χ1) is 4.20. The first kappa shape index (κ1) is 5.87. The van der Waals surface area contributed by atoms with Crippen LogP contribution in [0.5, 0.6) is 0 Å². The van der Waals surface area contributed by atoms with Crippen LogP contribution in [-0.4, -0.2) is 16.9 Å². The Labute approximate surface area is 51.1 Å². The number of hydrogen-bond acceptors (Lipinski definition) is 4. The number of aliphatic imine (C=N–C) groups is 1. The van der Waals surface area contributed by atoms with Crippen LogP contribution in [0.2, 0.25) is 0 Å². The van der Waals surface area contributed by atoms with Crippen molar-refractivity contribution in [3.63, 3.8) is 0 Å². The maximum absolute atomic E-state index is 10.0. The molecular formula is C4H4N3O2. The van der Waals surface area contributed by atoms with Crippen LogP contribution < -0.4 is 0 Å². The third-order valence-corrected chi connectivity index (χ3v) is 0.748. The van der Waals surface area contributed by atoms with E-state index in [1.807, 2.05) is 0 Å². The number of carboxylic acid groups (broad SMARTS) is 1. The summed E-state index contributed by atoms with van der Waals surface area (Å²) in [5.41, 5.74) is 0. The number of rotatable bonds is 1. The van der Waals surface area contributed by atoms with Crippen molar-refractivity contribution in [2.75, 3.05) is 0 Å². The summed E-state index contributed by atoms with van der Waals surface area (Å²) in [7, 11) is 0. The fourth-order valence-corrected chi connectivity index (χ4v) is 0.408. The van der Waals surface area contributed by atoms with E-state index in [2.05, 4.69) is 15.2 Å². The van der Waals surface area contributed by atoms with E-state index >= 15 is 0 Å². The molecule has 1 N–H and O–H groups in total. The summed E-state index contributed by atoms with van der Waals surface area (Å²) in [6, 6.07) is 0. The summed E-state index contributed by atoms with van der Waals surface area (Å²) in [5, 5.41) is 14.9. The molecule has 0 aromatic rings. The molecule has 1 rings (SSSR count). The molecule has 0 aliphatic carbocycles. The van der Waals surface area contributed by atoms with E-state index in [-0.39, 0.29) is 6.17 Å². The van der Waals surface area contributed by atoms with Gasteiger partial charge in [-0.2, -0.15) is 0 Å². The number of carboxylic acids is 1. The molecule has 5 heteroatoms. The molecular weight excluding hydrogens is 122 g/mol. The third-order valence-electron chi connectivity index (χ3n) is 0.748. The molecule has 9 heavy (non-hydrogen) atoms. The molecule has 0 aromatic carbocycles. The van der Waals surface area contributed by atoms with Crippen LogP contribution >= 0.6 is 0 Å². The van der Waals surface area contributed by atoms with Crippen LogP contribution in [0, 0.1) is 6.17 Å². The Morgan fingerprint density at radius 1 is 1.56 bits per heavy atom. The van der Waals surface area contributed by atoms with Crippen LogP contribution in [0.4, 0.5) is 0 Å². The Kier molecular flexibility index (Phi) is 1.26. The molecule has 0 amide bonds. The topological polar surface area (TPSA) is 74.4 Å². The van der Waals surface area contributed by atoms with Gasteiger partial charge in [-0.25, -0.2) is 9.79 Å². The summed E-state index contributed by atoms with van der Waals surface area (Å²) in [6.45, 7) is 1.58. The summed E-state index contributed by atoms with van der Waals surface area (Å²) in [4.78, 5) is 13.5. The summed E-state index contributed by atoms with van der Waals surface area (Å²) < 4.78 is 0. The molecule has 0 spiro atoms. The van der Waals surface area contributed by atoms with Crippen molar-refractivity contribution in [1.29, 1.82) is 0 Å². The summed E-state index contributed by atoms with van der Waals surface area (Å²) in [5.74, 6) is -0.761. The number of hydrogen-bond donors (Lipinski definition) is 1. The van der Waals surface area contributed by atoms with E-state index in [1.54, 1.807) is 6.92 Å². The highest BCUT2D eigenvalue weighted by molar-refractivity contribution is 5.91. The highest BCUT2D eigenvalue weighted by Crippen LogP contribution is 2.11. The zero-order chi connectivity index (χ0) is 6.85. The number of azo groups is 1. The van der Waals surface area contributed by atoms with Gasteiger partial charge in [0.25, 0.3) is 0 Å². The van der Waals surface area contributed by atoms with Crippen molar-refractivity contribution >= 4 is 11.8 Å². The molecule has 0 saturated carbocycles.